The van der Waals surface area contributed by atoms with Crippen LogP contribution in [-0.4, -0.2) is 20.0 Å². The molecule has 5 heteroatoms. The summed E-state index contributed by atoms with van der Waals surface area (Å²) < 4.78 is 17.2. The summed E-state index contributed by atoms with van der Waals surface area (Å²) in [6, 6.07) is 7.10. The highest BCUT2D eigenvalue weighted by Crippen LogP contribution is 2.29. The normalized spacial score (nSPS) is 13.6. The third-order valence-corrected chi connectivity index (χ3v) is 4.77. The second-order valence-electron chi connectivity index (χ2n) is 5.31. The van der Waals surface area contributed by atoms with Gasteiger partial charge >= 0.3 is 5.97 Å². The van der Waals surface area contributed by atoms with Crippen LogP contribution in [-0.2, 0) is 16.6 Å². The summed E-state index contributed by atoms with van der Waals surface area (Å²) in [5, 5.41) is 9.91. The van der Waals surface area contributed by atoms with Crippen LogP contribution in [0.1, 0.15) is 36.9 Å². The fourth-order valence-corrected chi connectivity index (χ4v) is 2.74. The quantitative estimate of drug-likeness (QED) is 0.937. The van der Waals surface area contributed by atoms with Crippen molar-refractivity contribution >= 4 is 27.7 Å². The van der Waals surface area contributed by atoms with Crippen molar-refractivity contribution in [2.24, 2.45) is 0 Å². The fourth-order valence-electron chi connectivity index (χ4n) is 1.76. The van der Waals surface area contributed by atoms with Crippen LogP contribution in [0.2, 0.25) is 0 Å². The Morgan fingerprint density at radius 3 is 2.53 bits per heavy atom. The molecule has 19 heavy (non-hydrogen) atoms. The van der Waals surface area contributed by atoms with E-state index in [2.05, 4.69) is 0 Å². The molecular formula is C14H16O4S. The summed E-state index contributed by atoms with van der Waals surface area (Å²) in [7, 11) is -1.17. The maximum Gasteiger partial charge on any atom is 0.372 e. The second-order valence-corrected chi connectivity index (χ2v) is 7.52. The second kappa shape index (κ2) is 4.81. The van der Waals surface area contributed by atoms with E-state index < -0.39 is 21.5 Å². The van der Waals surface area contributed by atoms with Gasteiger partial charge in [0.25, 0.3) is 0 Å². The molecule has 0 spiro atoms. The van der Waals surface area contributed by atoms with E-state index >= 15 is 0 Å². The molecule has 1 aromatic heterocycles. The molecule has 1 unspecified atom stereocenters. The number of hydrogen-bond acceptors (Lipinski definition) is 3. The van der Waals surface area contributed by atoms with Crippen LogP contribution in [0.5, 0.6) is 0 Å². The topological polar surface area (TPSA) is 67.5 Å². The number of furan rings is 1. The van der Waals surface area contributed by atoms with Gasteiger partial charge in [-0.3, -0.25) is 4.21 Å². The molecule has 1 heterocycles. The van der Waals surface area contributed by atoms with Gasteiger partial charge < -0.3 is 9.52 Å². The van der Waals surface area contributed by atoms with Gasteiger partial charge in [-0.1, -0.05) is 18.2 Å². The first-order valence-corrected chi connectivity index (χ1v) is 7.25. The lowest BCUT2D eigenvalue weighted by molar-refractivity contribution is 0.0664. The third kappa shape index (κ3) is 2.71. The zero-order valence-electron chi connectivity index (χ0n) is 11.1. The van der Waals surface area contributed by atoms with Crippen LogP contribution in [0.3, 0.4) is 0 Å². The number of fused-ring (bicyclic) bond motifs is 1. The molecule has 0 saturated heterocycles. The third-order valence-electron chi connectivity index (χ3n) is 2.85. The van der Waals surface area contributed by atoms with Gasteiger partial charge in [0.15, 0.2) is 0 Å². The zero-order chi connectivity index (χ0) is 14.2. The van der Waals surface area contributed by atoms with Crippen LogP contribution < -0.4 is 0 Å². The highest BCUT2D eigenvalue weighted by Gasteiger charge is 2.26. The summed E-state index contributed by atoms with van der Waals surface area (Å²) in [4.78, 5) is 11.2. The summed E-state index contributed by atoms with van der Waals surface area (Å²) >= 11 is 0. The van der Waals surface area contributed by atoms with Crippen molar-refractivity contribution in [1.82, 2.24) is 0 Å². The lowest BCUT2D eigenvalue weighted by atomic mass is 10.1. The SMILES string of the molecule is CC(C)(C)S(=O)Cc1c(C(=O)O)oc2ccccc12. The van der Waals surface area contributed by atoms with Crippen molar-refractivity contribution in [1.29, 1.82) is 0 Å². The summed E-state index contributed by atoms with van der Waals surface area (Å²) in [6.45, 7) is 5.60. The predicted molar refractivity (Wildman–Crippen MR) is 74.8 cm³/mol. The number of aromatic carboxylic acids is 1. The van der Waals surface area contributed by atoms with Gasteiger partial charge in [0, 0.05) is 26.5 Å². The number of carboxylic acids is 1. The molecule has 0 radical (unpaired) electrons. The molecule has 0 amide bonds. The minimum Gasteiger partial charge on any atom is -0.475 e. The standard InChI is InChI=1S/C14H16O4S/c1-14(2,3)19(17)8-10-9-6-4-5-7-11(9)18-12(10)13(15)16/h4-7H,8H2,1-3H3,(H,15,16). The average Bonchev–Trinajstić information content (AvgIpc) is 2.67. The maximum absolute atomic E-state index is 12.2. The number of benzene rings is 1. The number of hydrogen-bond donors (Lipinski definition) is 1. The average molecular weight is 280 g/mol. The largest absolute Gasteiger partial charge is 0.475 e. The first-order valence-electron chi connectivity index (χ1n) is 5.93. The molecule has 0 aliphatic carbocycles. The highest BCUT2D eigenvalue weighted by atomic mass is 32.2. The van der Waals surface area contributed by atoms with E-state index in [-0.39, 0.29) is 11.5 Å². The first kappa shape index (κ1) is 13.8. The van der Waals surface area contributed by atoms with Gasteiger partial charge in [-0.15, -0.1) is 0 Å². The fraction of sp³-hybridized carbons (Fsp3) is 0.357. The van der Waals surface area contributed by atoms with E-state index in [1.54, 1.807) is 18.2 Å². The molecule has 0 aliphatic heterocycles. The Bertz CT molecular complexity index is 649. The van der Waals surface area contributed by atoms with Gasteiger partial charge in [-0.25, -0.2) is 4.79 Å². The van der Waals surface area contributed by atoms with E-state index in [0.717, 1.165) is 5.39 Å². The van der Waals surface area contributed by atoms with Crippen LogP contribution in [0.4, 0.5) is 0 Å². The van der Waals surface area contributed by atoms with Gasteiger partial charge in [0.05, 0.1) is 5.75 Å². The Hall–Kier alpha value is -1.62. The van der Waals surface area contributed by atoms with Crippen molar-refractivity contribution in [3.8, 4) is 0 Å². The zero-order valence-corrected chi connectivity index (χ0v) is 11.9. The minimum atomic E-state index is -1.17. The molecule has 4 nitrogen and oxygen atoms in total. The van der Waals surface area contributed by atoms with Gasteiger partial charge in [-0.05, 0) is 26.8 Å². The van der Waals surface area contributed by atoms with Crippen LogP contribution in [0.25, 0.3) is 11.0 Å². The highest BCUT2D eigenvalue weighted by molar-refractivity contribution is 7.85. The minimum absolute atomic E-state index is 0.112. The molecule has 0 saturated carbocycles. The summed E-state index contributed by atoms with van der Waals surface area (Å²) in [5.41, 5.74) is 1.03. The van der Waals surface area contributed by atoms with Crippen molar-refractivity contribution in [2.75, 3.05) is 0 Å². The van der Waals surface area contributed by atoms with Crippen molar-refractivity contribution in [3.05, 3.63) is 35.6 Å². The Morgan fingerprint density at radius 2 is 1.95 bits per heavy atom. The van der Waals surface area contributed by atoms with E-state index in [1.807, 2.05) is 26.8 Å². The smallest absolute Gasteiger partial charge is 0.372 e. The number of rotatable bonds is 3. The van der Waals surface area contributed by atoms with E-state index in [9.17, 15) is 14.1 Å². The summed E-state index contributed by atoms with van der Waals surface area (Å²) in [5.74, 6) is -1.06. The maximum atomic E-state index is 12.2. The van der Waals surface area contributed by atoms with Gasteiger partial charge in [-0.2, -0.15) is 0 Å². The lowest BCUT2D eigenvalue weighted by Gasteiger charge is -2.17. The number of carbonyl (C=O) groups is 1. The van der Waals surface area contributed by atoms with Crippen molar-refractivity contribution in [3.63, 3.8) is 0 Å². The molecule has 2 aromatic rings. The van der Waals surface area contributed by atoms with Gasteiger partial charge in [0.1, 0.15) is 5.58 Å². The van der Waals surface area contributed by atoms with E-state index in [0.29, 0.717) is 11.1 Å². The van der Waals surface area contributed by atoms with E-state index in [1.165, 1.54) is 0 Å². The molecular weight excluding hydrogens is 264 g/mol. The molecule has 1 atom stereocenters. The molecule has 1 N–H and O–H groups in total. The number of para-hydroxylation sites is 1. The molecule has 0 fully saturated rings. The van der Waals surface area contributed by atoms with Crippen molar-refractivity contribution in [2.45, 2.75) is 31.3 Å². The number of carboxylic acid groups (broad SMARTS) is 1. The molecule has 0 bridgehead atoms. The molecule has 2 rings (SSSR count). The van der Waals surface area contributed by atoms with E-state index in [4.69, 9.17) is 4.42 Å². The Morgan fingerprint density at radius 1 is 1.32 bits per heavy atom. The molecule has 1 aromatic carbocycles. The first-order chi connectivity index (χ1) is 8.80. The lowest BCUT2D eigenvalue weighted by Crippen LogP contribution is -2.23. The van der Waals surface area contributed by atoms with Crippen molar-refractivity contribution < 1.29 is 18.5 Å². The molecule has 0 aliphatic rings. The Kier molecular flexibility index (Phi) is 3.49. The Labute approximate surface area is 113 Å². The van der Waals surface area contributed by atoms with Gasteiger partial charge in [0.2, 0.25) is 5.76 Å². The molecule has 102 valence electrons. The van der Waals surface area contributed by atoms with Crippen LogP contribution in [0.15, 0.2) is 28.7 Å². The Balaban J connectivity index is 2.54. The summed E-state index contributed by atoms with van der Waals surface area (Å²) in [6.07, 6.45) is 0. The predicted octanol–water partition coefficient (Wildman–Crippen LogP) is 3.18. The van der Waals surface area contributed by atoms with Crippen LogP contribution in [0, 0.1) is 0 Å². The van der Waals surface area contributed by atoms with Crippen LogP contribution >= 0.6 is 0 Å². The monoisotopic (exact) mass is 280 g/mol.